The van der Waals surface area contributed by atoms with Crippen LogP contribution in [0.5, 0.6) is 0 Å². The SMILES string of the molecule is CNC(c1ccc(C)cc1)C(C)Sc1nc(C)cc(C)n1. The first-order chi connectivity index (χ1) is 9.99. The number of aryl methyl sites for hydroxylation is 3. The smallest absolute Gasteiger partial charge is 0.188 e. The molecule has 1 heterocycles. The molecule has 0 saturated heterocycles. The summed E-state index contributed by atoms with van der Waals surface area (Å²) in [6, 6.07) is 11.0. The van der Waals surface area contributed by atoms with E-state index < -0.39 is 0 Å². The van der Waals surface area contributed by atoms with E-state index in [0.29, 0.717) is 5.25 Å². The molecule has 3 nitrogen and oxygen atoms in total. The third-order valence-corrected chi connectivity index (χ3v) is 4.51. The fourth-order valence-electron chi connectivity index (χ4n) is 2.43. The molecule has 0 saturated carbocycles. The van der Waals surface area contributed by atoms with Crippen LogP contribution in [0.25, 0.3) is 0 Å². The molecule has 0 aliphatic heterocycles. The van der Waals surface area contributed by atoms with E-state index in [-0.39, 0.29) is 6.04 Å². The highest BCUT2D eigenvalue weighted by atomic mass is 32.2. The van der Waals surface area contributed by atoms with Crippen LogP contribution in [0.4, 0.5) is 0 Å². The largest absolute Gasteiger partial charge is 0.312 e. The van der Waals surface area contributed by atoms with Gasteiger partial charge in [0.25, 0.3) is 0 Å². The van der Waals surface area contributed by atoms with Crippen molar-refractivity contribution in [1.82, 2.24) is 15.3 Å². The maximum atomic E-state index is 4.52. The van der Waals surface area contributed by atoms with Crippen molar-refractivity contribution in [3.05, 3.63) is 52.8 Å². The fraction of sp³-hybridized carbons (Fsp3) is 0.412. The van der Waals surface area contributed by atoms with Crippen molar-refractivity contribution >= 4 is 11.8 Å². The summed E-state index contributed by atoms with van der Waals surface area (Å²) in [5.41, 5.74) is 4.63. The molecule has 0 radical (unpaired) electrons. The van der Waals surface area contributed by atoms with Crippen LogP contribution in [0.2, 0.25) is 0 Å². The summed E-state index contributed by atoms with van der Waals surface area (Å²) in [6.07, 6.45) is 0. The van der Waals surface area contributed by atoms with Gasteiger partial charge in [-0.25, -0.2) is 9.97 Å². The Bertz CT molecular complexity index is 575. The minimum absolute atomic E-state index is 0.278. The molecule has 0 bridgehead atoms. The molecule has 0 spiro atoms. The van der Waals surface area contributed by atoms with E-state index in [1.165, 1.54) is 11.1 Å². The summed E-state index contributed by atoms with van der Waals surface area (Å²) >= 11 is 1.72. The number of aromatic nitrogens is 2. The van der Waals surface area contributed by atoms with Crippen LogP contribution < -0.4 is 5.32 Å². The van der Waals surface area contributed by atoms with Crippen LogP contribution in [0.15, 0.2) is 35.5 Å². The van der Waals surface area contributed by atoms with Crippen molar-refractivity contribution in [1.29, 1.82) is 0 Å². The van der Waals surface area contributed by atoms with Gasteiger partial charge in [0.2, 0.25) is 0 Å². The van der Waals surface area contributed by atoms with Gasteiger partial charge in [0.05, 0.1) is 0 Å². The van der Waals surface area contributed by atoms with Crippen molar-refractivity contribution in [2.24, 2.45) is 0 Å². The van der Waals surface area contributed by atoms with E-state index in [9.17, 15) is 0 Å². The fourth-order valence-corrected chi connectivity index (χ4v) is 3.58. The van der Waals surface area contributed by atoms with Crippen molar-refractivity contribution in [2.45, 2.75) is 44.1 Å². The summed E-state index contributed by atoms with van der Waals surface area (Å²) in [7, 11) is 2.00. The van der Waals surface area contributed by atoms with Crippen LogP contribution in [-0.2, 0) is 0 Å². The predicted octanol–water partition coefficient (Wildman–Crippen LogP) is 3.84. The topological polar surface area (TPSA) is 37.8 Å². The molecule has 2 rings (SSSR count). The van der Waals surface area contributed by atoms with Crippen molar-refractivity contribution in [3.63, 3.8) is 0 Å². The molecule has 2 aromatic rings. The van der Waals surface area contributed by atoms with E-state index in [1.54, 1.807) is 11.8 Å². The maximum absolute atomic E-state index is 4.52. The van der Waals surface area contributed by atoms with E-state index in [1.807, 2.05) is 27.0 Å². The van der Waals surface area contributed by atoms with Gasteiger partial charge in [0.15, 0.2) is 5.16 Å². The molecule has 2 unspecified atom stereocenters. The molecule has 112 valence electrons. The Morgan fingerprint density at radius 3 is 2.10 bits per heavy atom. The molecular formula is C17H23N3S. The number of nitrogens with zero attached hydrogens (tertiary/aromatic N) is 2. The van der Waals surface area contributed by atoms with Gasteiger partial charge in [-0.1, -0.05) is 48.5 Å². The average molecular weight is 301 g/mol. The van der Waals surface area contributed by atoms with Crippen LogP contribution in [0.3, 0.4) is 0 Å². The third-order valence-electron chi connectivity index (χ3n) is 3.47. The predicted molar refractivity (Wildman–Crippen MR) is 89.8 cm³/mol. The van der Waals surface area contributed by atoms with Crippen LogP contribution in [0, 0.1) is 20.8 Å². The van der Waals surface area contributed by atoms with Gasteiger partial charge in [-0.2, -0.15) is 0 Å². The molecule has 1 N–H and O–H groups in total. The zero-order chi connectivity index (χ0) is 15.4. The maximum Gasteiger partial charge on any atom is 0.188 e. The number of rotatable bonds is 5. The molecule has 0 aliphatic rings. The molecule has 2 atom stereocenters. The number of hydrogen-bond donors (Lipinski definition) is 1. The van der Waals surface area contributed by atoms with Crippen molar-refractivity contribution in [3.8, 4) is 0 Å². The van der Waals surface area contributed by atoms with Crippen LogP contribution in [0.1, 0.15) is 35.5 Å². The first-order valence-corrected chi connectivity index (χ1v) is 8.10. The highest BCUT2D eigenvalue weighted by Gasteiger charge is 2.19. The molecule has 0 amide bonds. The third kappa shape index (κ3) is 4.29. The highest BCUT2D eigenvalue weighted by Crippen LogP contribution is 2.30. The lowest BCUT2D eigenvalue weighted by Gasteiger charge is -2.23. The van der Waals surface area contributed by atoms with Gasteiger partial charge in [-0.3, -0.25) is 0 Å². The minimum Gasteiger partial charge on any atom is -0.312 e. The summed E-state index contributed by atoms with van der Waals surface area (Å²) in [6.45, 7) is 8.35. The summed E-state index contributed by atoms with van der Waals surface area (Å²) in [5, 5.41) is 4.61. The Labute approximate surface area is 131 Å². The Balaban J connectivity index is 2.16. The minimum atomic E-state index is 0.278. The van der Waals surface area contributed by atoms with Gasteiger partial charge in [0, 0.05) is 22.7 Å². The Morgan fingerprint density at radius 1 is 1.00 bits per heavy atom. The number of benzene rings is 1. The van der Waals surface area contributed by atoms with E-state index in [0.717, 1.165) is 16.5 Å². The zero-order valence-electron chi connectivity index (χ0n) is 13.3. The molecule has 1 aromatic carbocycles. The molecule has 0 fully saturated rings. The van der Waals surface area contributed by atoms with Crippen molar-refractivity contribution in [2.75, 3.05) is 7.05 Å². The summed E-state index contributed by atoms with van der Waals surface area (Å²) in [5.74, 6) is 0. The Morgan fingerprint density at radius 2 is 1.57 bits per heavy atom. The number of nitrogens with one attached hydrogen (secondary N) is 1. The lowest BCUT2D eigenvalue weighted by atomic mass is 10.0. The molecule has 4 heteroatoms. The number of thioether (sulfide) groups is 1. The first-order valence-electron chi connectivity index (χ1n) is 7.22. The van der Waals surface area contributed by atoms with Gasteiger partial charge in [-0.15, -0.1) is 0 Å². The van der Waals surface area contributed by atoms with Crippen LogP contribution in [-0.4, -0.2) is 22.3 Å². The average Bonchev–Trinajstić information content (AvgIpc) is 2.40. The lowest BCUT2D eigenvalue weighted by molar-refractivity contribution is 0.588. The molecule has 21 heavy (non-hydrogen) atoms. The second kappa shape index (κ2) is 7.05. The van der Waals surface area contributed by atoms with Gasteiger partial charge >= 0.3 is 0 Å². The van der Waals surface area contributed by atoms with Crippen LogP contribution >= 0.6 is 11.8 Å². The van der Waals surface area contributed by atoms with Gasteiger partial charge in [-0.05, 0) is 39.4 Å². The van der Waals surface area contributed by atoms with E-state index in [4.69, 9.17) is 0 Å². The monoisotopic (exact) mass is 301 g/mol. The first kappa shape index (κ1) is 16.0. The molecule has 1 aromatic heterocycles. The highest BCUT2D eigenvalue weighted by molar-refractivity contribution is 7.99. The Hall–Kier alpha value is -1.39. The lowest BCUT2D eigenvalue weighted by Crippen LogP contribution is -2.25. The Kier molecular flexibility index (Phi) is 5.37. The zero-order valence-corrected chi connectivity index (χ0v) is 14.2. The normalized spacial score (nSPS) is 14.0. The van der Waals surface area contributed by atoms with Gasteiger partial charge < -0.3 is 5.32 Å². The summed E-state index contributed by atoms with van der Waals surface area (Å²) < 4.78 is 0. The standard InChI is InChI=1S/C17H23N3S/c1-11-6-8-15(9-7-11)16(18-5)14(4)21-17-19-12(2)10-13(3)20-17/h6-10,14,16,18H,1-5H3. The quantitative estimate of drug-likeness (QED) is 0.672. The van der Waals surface area contributed by atoms with E-state index in [2.05, 4.69) is 53.4 Å². The van der Waals surface area contributed by atoms with Crippen molar-refractivity contribution < 1.29 is 0 Å². The number of hydrogen-bond acceptors (Lipinski definition) is 4. The summed E-state index contributed by atoms with van der Waals surface area (Å²) in [4.78, 5) is 9.05. The van der Waals surface area contributed by atoms with Gasteiger partial charge in [0.1, 0.15) is 0 Å². The second-order valence-electron chi connectivity index (χ2n) is 5.43. The second-order valence-corrected chi connectivity index (χ2v) is 6.78. The molecular weight excluding hydrogens is 278 g/mol. The molecule has 0 aliphatic carbocycles. The van der Waals surface area contributed by atoms with E-state index >= 15 is 0 Å².